The third-order valence-electron chi connectivity index (χ3n) is 5.68. The molecule has 116 valence electrons. The molecule has 4 rings (SSSR count). The topological polar surface area (TPSA) is 0 Å². The Morgan fingerprint density at radius 3 is 1.70 bits per heavy atom. The maximum absolute atomic E-state index is 2.42. The largest absolute Gasteiger partial charge is 0.0771 e. The first-order valence-corrected chi connectivity index (χ1v) is 8.55. The fraction of sp³-hybridized carbons (Fsp3) is 0.304. The highest BCUT2D eigenvalue weighted by Crippen LogP contribution is 2.56. The van der Waals surface area contributed by atoms with Crippen molar-refractivity contribution in [1.82, 2.24) is 0 Å². The van der Waals surface area contributed by atoms with Crippen molar-refractivity contribution in [3.05, 3.63) is 83.0 Å². The molecule has 0 amide bonds. The lowest BCUT2D eigenvalue weighted by molar-refractivity contribution is 0.267. The number of allylic oxidation sites excluding steroid dienone is 4. The van der Waals surface area contributed by atoms with Gasteiger partial charge >= 0.3 is 0 Å². The fourth-order valence-corrected chi connectivity index (χ4v) is 4.40. The summed E-state index contributed by atoms with van der Waals surface area (Å²) >= 11 is 0. The van der Waals surface area contributed by atoms with Gasteiger partial charge in [0.1, 0.15) is 0 Å². The first-order valence-electron chi connectivity index (χ1n) is 8.55. The van der Waals surface area contributed by atoms with Gasteiger partial charge in [-0.15, -0.1) is 0 Å². The molecule has 0 unspecified atom stereocenters. The monoisotopic (exact) mass is 300 g/mol. The van der Waals surface area contributed by atoms with E-state index in [1.807, 2.05) is 0 Å². The van der Waals surface area contributed by atoms with Gasteiger partial charge in [0.15, 0.2) is 0 Å². The van der Waals surface area contributed by atoms with Crippen LogP contribution >= 0.6 is 0 Å². The van der Waals surface area contributed by atoms with Gasteiger partial charge < -0.3 is 0 Å². The van der Waals surface area contributed by atoms with Crippen LogP contribution in [0.25, 0.3) is 11.1 Å². The van der Waals surface area contributed by atoms with Crippen LogP contribution in [0.3, 0.4) is 0 Å². The highest BCUT2D eigenvalue weighted by atomic mass is 14.5. The van der Waals surface area contributed by atoms with Crippen LogP contribution in [0, 0.1) is 25.2 Å². The molecule has 0 saturated heterocycles. The SMILES string of the molecule is Cc1ccc2c(c1)-c1cc(C)ccc1C2C(C)(C)C1C=CC=C1. The number of hydrogen-bond acceptors (Lipinski definition) is 0. The summed E-state index contributed by atoms with van der Waals surface area (Å²) in [6, 6.07) is 14.0. The lowest BCUT2D eigenvalue weighted by atomic mass is 9.66. The molecule has 0 aliphatic heterocycles. The molecule has 23 heavy (non-hydrogen) atoms. The van der Waals surface area contributed by atoms with Crippen LogP contribution in [0.4, 0.5) is 0 Å². The summed E-state index contributed by atoms with van der Waals surface area (Å²) in [5.41, 5.74) is 8.71. The molecule has 0 nitrogen and oxygen atoms in total. The number of fused-ring (bicyclic) bond motifs is 3. The van der Waals surface area contributed by atoms with Crippen molar-refractivity contribution in [2.45, 2.75) is 33.6 Å². The molecular formula is C23H24. The first kappa shape index (κ1) is 14.5. The van der Waals surface area contributed by atoms with E-state index < -0.39 is 0 Å². The van der Waals surface area contributed by atoms with E-state index in [1.54, 1.807) is 0 Å². The molecule has 0 spiro atoms. The predicted molar refractivity (Wildman–Crippen MR) is 98.7 cm³/mol. The summed E-state index contributed by atoms with van der Waals surface area (Å²) in [6.45, 7) is 9.22. The molecule has 0 fully saturated rings. The maximum atomic E-state index is 2.42. The lowest BCUT2D eigenvalue weighted by Crippen LogP contribution is -2.28. The van der Waals surface area contributed by atoms with Gasteiger partial charge in [-0.25, -0.2) is 0 Å². The fourth-order valence-electron chi connectivity index (χ4n) is 4.40. The normalized spacial score (nSPS) is 16.9. The van der Waals surface area contributed by atoms with Crippen LogP contribution in [0.1, 0.15) is 42.0 Å². The molecule has 0 radical (unpaired) electrons. The van der Waals surface area contributed by atoms with Gasteiger partial charge in [-0.05, 0) is 41.5 Å². The van der Waals surface area contributed by atoms with Gasteiger partial charge in [-0.2, -0.15) is 0 Å². The average molecular weight is 300 g/mol. The van der Waals surface area contributed by atoms with E-state index >= 15 is 0 Å². The van der Waals surface area contributed by atoms with Crippen LogP contribution in [0.5, 0.6) is 0 Å². The van der Waals surface area contributed by atoms with Crippen LogP contribution in [-0.4, -0.2) is 0 Å². The van der Waals surface area contributed by atoms with Crippen LogP contribution < -0.4 is 0 Å². The second kappa shape index (κ2) is 4.96. The van der Waals surface area contributed by atoms with Gasteiger partial charge in [-0.3, -0.25) is 0 Å². The lowest BCUT2D eigenvalue weighted by Gasteiger charge is -2.37. The number of rotatable bonds is 2. The quantitative estimate of drug-likeness (QED) is 0.621. The van der Waals surface area contributed by atoms with E-state index in [1.165, 1.54) is 33.4 Å². The molecule has 0 atom stereocenters. The van der Waals surface area contributed by atoms with Gasteiger partial charge in [-0.1, -0.05) is 85.7 Å². The van der Waals surface area contributed by atoms with E-state index in [2.05, 4.69) is 88.4 Å². The summed E-state index contributed by atoms with van der Waals surface area (Å²) in [6.07, 6.45) is 9.07. The third kappa shape index (κ3) is 2.12. The van der Waals surface area contributed by atoms with Crippen molar-refractivity contribution in [3.8, 4) is 11.1 Å². The van der Waals surface area contributed by atoms with Crippen molar-refractivity contribution in [1.29, 1.82) is 0 Å². The smallest absolute Gasteiger partial charge is 0.0161 e. The van der Waals surface area contributed by atoms with Crippen molar-refractivity contribution in [2.75, 3.05) is 0 Å². The van der Waals surface area contributed by atoms with E-state index in [9.17, 15) is 0 Å². The Balaban J connectivity index is 1.95. The van der Waals surface area contributed by atoms with Crippen molar-refractivity contribution < 1.29 is 0 Å². The zero-order valence-corrected chi connectivity index (χ0v) is 14.4. The molecule has 2 aliphatic rings. The second-order valence-electron chi connectivity index (χ2n) is 7.73. The molecule has 0 heteroatoms. The molecule has 0 bridgehead atoms. The van der Waals surface area contributed by atoms with Gasteiger partial charge in [0, 0.05) is 11.8 Å². The molecule has 0 heterocycles. The Hall–Kier alpha value is -2.08. The van der Waals surface area contributed by atoms with Crippen LogP contribution in [-0.2, 0) is 0 Å². The number of benzene rings is 2. The van der Waals surface area contributed by atoms with Crippen LogP contribution in [0.15, 0.2) is 60.7 Å². The molecule has 0 saturated carbocycles. The van der Waals surface area contributed by atoms with Crippen molar-refractivity contribution in [3.63, 3.8) is 0 Å². The summed E-state index contributed by atoms with van der Waals surface area (Å²) in [5.74, 6) is 0.944. The zero-order valence-electron chi connectivity index (χ0n) is 14.4. The minimum absolute atomic E-state index is 0.161. The van der Waals surface area contributed by atoms with Gasteiger partial charge in [0.05, 0.1) is 0 Å². The summed E-state index contributed by atoms with van der Waals surface area (Å²) in [5, 5.41) is 0. The first-order chi connectivity index (χ1) is 11.0. The molecule has 0 aromatic heterocycles. The van der Waals surface area contributed by atoms with Gasteiger partial charge in [0.2, 0.25) is 0 Å². The standard InChI is InChI=1S/C23H24/c1-15-9-11-18-20(13-15)21-14-16(2)10-12-19(21)22(18)23(3,4)17-7-5-6-8-17/h5-14,17,22H,1-4H3. The molecule has 2 aliphatic carbocycles. The third-order valence-corrected chi connectivity index (χ3v) is 5.68. The van der Waals surface area contributed by atoms with E-state index in [0.717, 1.165) is 0 Å². The minimum atomic E-state index is 0.161. The Bertz CT molecular complexity index is 770. The maximum Gasteiger partial charge on any atom is 0.0161 e. The van der Waals surface area contributed by atoms with Crippen molar-refractivity contribution >= 4 is 0 Å². The molecule has 2 aromatic rings. The van der Waals surface area contributed by atoms with Crippen molar-refractivity contribution in [2.24, 2.45) is 11.3 Å². The summed E-state index contributed by atoms with van der Waals surface area (Å²) in [7, 11) is 0. The van der Waals surface area contributed by atoms with Crippen LogP contribution in [0.2, 0.25) is 0 Å². The highest BCUT2D eigenvalue weighted by molar-refractivity contribution is 5.80. The Labute approximate surface area is 139 Å². The Kier molecular flexibility index (Phi) is 3.13. The molecule has 2 aromatic carbocycles. The summed E-state index contributed by atoms with van der Waals surface area (Å²) in [4.78, 5) is 0. The minimum Gasteiger partial charge on any atom is -0.0771 e. The molecule has 0 N–H and O–H groups in total. The summed E-state index contributed by atoms with van der Waals surface area (Å²) < 4.78 is 0. The van der Waals surface area contributed by atoms with E-state index in [0.29, 0.717) is 11.8 Å². The second-order valence-corrected chi connectivity index (χ2v) is 7.73. The number of aryl methyl sites for hydroxylation is 2. The highest BCUT2D eigenvalue weighted by Gasteiger charge is 2.42. The average Bonchev–Trinajstić information content (AvgIpc) is 3.13. The predicted octanol–water partition coefficient (Wildman–Crippen LogP) is 6.18. The van der Waals surface area contributed by atoms with E-state index in [4.69, 9.17) is 0 Å². The Morgan fingerprint density at radius 2 is 1.22 bits per heavy atom. The van der Waals surface area contributed by atoms with E-state index in [-0.39, 0.29) is 5.41 Å². The van der Waals surface area contributed by atoms with Gasteiger partial charge in [0.25, 0.3) is 0 Å². The number of hydrogen-bond donors (Lipinski definition) is 0. The molecular weight excluding hydrogens is 276 g/mol. The Morgan fingerprint density at radius 1 is 0.739 bits per heavy atom. The zero-order chi connectivity index (χ0) is 16.2.